The molecule has 0 spiro atoms. The highest BCUT2D eigenvalue weighted by Gasteiger charge is 2.30. The number of nitrogens with one attached hydrogen (secondary N) is 1. The number of halogens is 1. The molecule has 0 bridgehead atoms. The van der Waals surface area contributed by atoms with Crippen molar-refractivity contribution < 1.29 is 23.1 Å². The maximum Gasteiger partial charge on any atom is 0.300 e. The third-order valence-corrected chi connectivity index (χ3v) is 7.54. The molecule has 0 unspecified atom stereocenters. The van der Waals surface area contributed by atoms with E-state index in [1.165, 1.54) is 10.4 Å². The standard InChI is InChI=1S/C21H25ClN4O3S.C2H4O2/c1-15-5-7-18(14-19(15)22)30(28,29)26-11-9-25(10-12-26)20(27)8-6-16-3-2-4-17(13-16)21(23)24;1-2(3)4/h2-5,7,13-14H,6,8-12H2,1H3,(H3,23,24);1H3,(H,3,4). The van der Waals surface area contributed by atoms with Crippen molar-refractivity contribution in [2.45, 2.75) is 31.6 Å². The molecule has 11 heteroatoms. The minimum absolute atomic E-state index is 0.00429. The first-order valence-corrected chi connectivity index (χ1v) is 12.4. The van der Waals surface area contributed by atoms with Gasteiger partial charge < -0.3 is 15.7 Å². The molecule has 1 amide bonds. The molecule has 184 valence electrons. The van der Waals surface area contributed by atoms with E-state index in [0.717, 1.165) is 18.1 Å². The molecule has 2 aromatic rings. The largest absolute Gasteiger partial charge is 0.481 e. The van der Waals surface area contributed by atoms with E-state index in [1.807, 2.05) is 25.1 Å². The number of aliphatic carboxylic acids is 1. The molecule has 1 fully saturated rings. The topological polar surface area (TPSA) is 145 Å². The Labute approximate surface area is 204 Å². The van der Waals surface area contributed by atoms with Crippen LogP contribution in [0.2, 0.25) is 5.02 Å². The molecular formula is C23H29ClN4O5S. The molecule has 2 aromatic carbocycles. The summed E-state index contributed by atoms with van der Waals surface area (Å²) in [7, 11) is -3.64. The van der Waals surface area contributed by atoms with Gasteiger partial charge in [0.15, 0.2) is 0 Å². The molecule has 34 heavy (non-hydrogen) atoms. The number of nitrogen functional groups attached to an aromatic ring is 1. The van der Waals surface area contributed by atoms with Gasteiger partial charge in [0.2, 0.25) is 15.9 Å². The lowest BCUT2D eigenvalue weighted by Gasteiger charge is -2.34. The van der Waals surface area contributed by atoms with Crippen LogP contribution < -0.4 is 5.73 Å². The van der Waals surface area contributed by atoms with Crippen molar-refractivity contribution in [1.82, 2.24) is 9.21 Å². The summed E-state index contributed by atoms with van der Waals surface area (Å²) in [5.41, 5.74) is 7.90. The van der Waals surface area contributed by atoms with Gasteiger partial charge in [-0.2, -0.15) is 4.31 Å². The lowest BCUT2D eigenvalue weighted by Crippen LogP contribution is -2.50. The first-order chi connectivity index (χ1) is 15.9. The summed E-state index contributed by atoms with van der Waals surface area (Å²) >= 11 is 6.08. The molecule has 4 N–H and O–H groups in total. The van der Waals surface area contributed by atoms with Crippen molar-refractivity contribution >= 4 is 39.3 Å². The summed E-state index contributed by atoms with van der Waals surface area (Å²) in [6, 6.07) is 12.0. The zero-order valence-electron chi connectivity index (χ0n) is 19.1. The second-order valence-electron chi connectivity index (χ2n) is 7.83. The number of sulfonamides is 1. The van der Waals surface area contributed by atoms with Crippen molar-refractivity contribution in [1.29, 1.82) is 5.41 Å². The van der Waals surface area contributed by atoms with Gasteiger partial charge in [-0.05, 0) is 42.7 Å². The van der Waals surface area contributed by atoms with Gasteiger partial charge in [0.05, 0.1) is 4.90 Å². The molecule has 1 heterocycles. The fourth-order valence-electron chi connectivity index (χ4n) is 3.36. The smallest absolute Gasteiger partial charge is 0.300 e. The number of rotatable bonds is 6. The van der Waals surface area contributed by atoms with Crippen molar-refractivity contribution in [3.8, 4) is 0 Å². The zero-order chi connectivity index (χ0) is 25.5. The maximum absolute atomic E-state index is 12.9. The van der Waals surface area contributed by atoms with Gasteiger partial charge in [0.1, 0.15) is 5.84 Å². The number of piperazine rings is 1. The highest BCUT2D eigenvalue weighted by molar-refractivity contribution is 7.89. The number of nitrogens with two attached hydrogens (primary N) is 1. The third-order valence-electron chi connectivity index (χ3n) is 5.24. The number of aryl methyl sites for hydroxylation is 2. The maximum atomic E-state index is 12.9. The van der Waals surface area contributed by atoms with Crippen LogP contribution in [0.3, 0.4) is 0 Å². The van der Waals surface area contributed by atoms with Gasteiger partial charge in [0.25, 0.3) is 5.97 Å². The average Bonchev–Trinajstić information content (AvgIpc) is 2.79. The monoisotopic (exact) mass is 508 g/mol. The molecule has 1 aliphatic heterocycles. The molecule has 1 aliphatic rings. The Bertz CT molecular complexity index is 1160. The van der Waals surface area contributed by atoms with E-state index in [0.29, 0.717) is 36.5 Å². The number of amidine groups is 1. The Balaban J connectivity index is 0.000000945. The van der Waals surface area contributed by atoms with Gasteiger partial charge >= 0.3 is 0 Å². The molecule has 0 aromatic heterocycles. The normalized spacial score (nSPS) is 14.1. The van der Waals surface area contributed by atoms with Gasteiger partial charge in [-0.25, -0.2) is 8.42 Å². The molecule has 0 aliphatic carbocycles. The number of carbonyl (C=O) groups is 2. The van der Waals surface area contributed by atoms with Gasteiger partial charge in [-0.15, -0.1) is 0 Å². The SMILES string of the molecule is CC(=O)O.Cc1ccc(S(=O)(=O)N2CCN(C(=O)CCc3cccc(C(=N)N)c3)CC2)cc1Cl. The van der Waals surface area contributed by atoms with Gasteiger partial charge in [-0.3, -0.25) is 15.0 Å². The van der Waals surface area contributed by atoms with Crippen molar-refractivity contribution in [3.05, 3.63) is 64.2 Å². The lowest BCUT2D eigenvalue weighted by atomic mass is 10.1. The van der Waals surface area contributed by atoms with E-state index in [1.54, 1.807) is 23.1 Å². The molecule has 1 saturated heterocycles. The summed E-state index contributed by atoms with van der Waals surface area (Å²) in [5.74, 6) is -0.853. The quantitative estimate of drug-likeness (QED) is 0.403. The van der Waals surface area contributed by atoms with E-state index in [2.05, 4.69) is 0 Å². The van der Waals surface area contributed by atoms with Crippen molar-refractivity contribution in [2.24, 2.45) is 5.73 Å². The number of amides is 1. The van der Waals surface area contributed by atoms with E-state index >= 15 is 0 Å². The predicted octanol–water partition coefficient (Wildman–Crippen LogP) is 2.49. The molecule has 9 nitrogen and oxygen atoms in total. The summed E-state index contributed by atoms with van der Waals surface area (Å²) < 4.78 is 27.1. The van der Waals surface area contributed by atoms with Crippen LogP contribution in [0.5, 0.6) is 0 Å². The number of benzene rings is 2. The number of hydrogen-bond donors (Lipinski definition) is 3. The van der Waals surface area contributed by atoms with E-state index in [4.69, 9.17) is 32.6 Å². The van der Waals surface area contributed by atoms with Crippen LogP contribution in [0, 0.1) is 12.3 Å². The van der Waals surface area contributed by atoms with Crippen LogP contribution in [0.1, 0.15) is 30.0 Å². The minimum atomic E-state index is -3.64. The molecule has 0 atom stereocenters. The van der Waals surface area contributed by atoms with Crippen LogP contribution >= 0.6 is 11.6 Å². The third kappa shape index (κ3) is 7.54. The number of nitrogens with zero attached hydrogens (tertiary/aromatic N) is 2. The van der Waals surface area contributed by atoms with Crippen LogP contribution in [-0.2, 0) is 26.0 Å². The Morgan fingerprint density at radius 1 is 1.12 bits per heavy atom. The number of carboxylic acids is 1. The number of carboxylic acid groups (broad SMARTS) is 1. The van der Waals surface area contributed by atoms with Crippen LogP contribution in [0.25, 0.3) is 0 Å². The molecule has 0 saturated carbocycles. The Morgan fingerprint density at radius 2 is 1.74 bits per heavy atom. The summed E-state index contributed by atoms with van der Waals surface area (Å²) in [5, 5.41) is 15.3. The van der Waals surface area contributed by atoms with Crippen molar-refractivity contribution in [3.63, 3.8) is 0 Å². The van der Waals surface area contributed by atoms with Crippen LogP contribution in [0.15, 0.2) is 47.4 Å². The fraction of sp³-hybridized carbons (Fsp3) is 0.348. The lowest BCUT2D eigenvalue weighted by molar-refractivity contribution is -0.134. The second-order valence-corrected chi connectivity index (χ2v) is 10.2. The predicted molar refractivity (Wildman–Crippen MR) is 131 cm³/mol. The zero-order valence-corrected chi connectivity index (χ0v) is 20.7. The van der Waals surface area contributed by atoms with Crippen LogP contribution in [0.4, 0.5) is 0 Å². The highest BCUT2D eigenvalue weighted by Crippen LogP contribution is 2.23. The molecular weight excluding hydrogens is 480 g/mol. The van der Waals surface area contributed by atoms with Crippen molar-refractivity contribution in [2.75, 3.05) is 26.2 Å². The first-order valence-electron chi connectivity index (χ1n) is 10.6. The Kier molecular flexibility index (Phi) is 9.60. The summed E-state index contributed by atoms with van der Waals surface area (Å²) in [6.07, 6.45) is 0.863. The fourth-order valence-corrected chi connectivity index (χ4v) is 5.06. The molecule has 3 rings (SSSR count). The number of carbonyl (C=O) groups excluding carboxylic acids is 1. The van der Waals surface area contributed by atoms with Gasteiger partial charge in [0, 0.05) is 50.1 Å². The highest BCUT2D eigenvalue weighted by atomic mass is 35.5. The summed E-state index contributed by atoms with van der Waals surface area (Å²) in [4.78, 5) is 23.4. The van der Waals surface area contributed by atoms with E-state index in [-0.39, 0.29) is 29.7 Å². The first kappa shape index (κ1) is 27.3. The van der Waals surface area contributed by atoms with Gasteiger partial charge in [-0.1, -0.05) is 35.9 Å². The summed E-state index contributed by atoms with van der Waals surface area (Å²) in [6.45, 7) is 4.11. The number of hydrogen-bond acceptors (Lipinski definition) is 5. The second kappa shape index (κ2) is 12.0. The molecule has 0 radical (unpaired) electrons. The minimum Gasteiger partial charge on any atom is -0.481 e. The Morgan fingerprint density at radius 3 is 2.29 bits per heavy atom. The van der Waals surface area contributed by atoms with E-state index in [9.17, 15) is 13.2 Å². The Hall–Kier alpha value is -2.95. The van der Waals surface area contributed by atoms with Crippen LogP contribution in [-0.4, -0.2) is 66.6 Å². The average molecular weight is 509 g/mol. The van der Waals surface area contributed by atoms with E-state index < -0.39 is 16.0 Å².